The molecule has 1 saturated heterocycles. The summed E-state index contributed by atoms with van der Waals surface area (Å²) in [6.07, 6.45) is 2.13. The lowest BCUT2D eigenvalue weighted by molar-refractivity contribution is 0.112. The maximum absolute atomic E-state index is 11.0. The number of carbonyl (C=O) groups excluding carboxylic acids is 1. The standard InChI is InChI=1S/C13H17NO/c1-9-5-12(8-15)13(6-10(9)2)11-3-4-14-7-11/h5-6,8,11,14H,3-4,7H2,1-2H3. The maximum atomic E-state index is 11.0. The summed E-state index contributed by atoms with van der Waals surface area (Å²) in [7, 11) is 0. The van der Waals surface area contributed by atoms with Gasteiger partial charge in [-0.15, -0.1) is 0 Å². The second-order valence-corrected chi connectivity index (χ2v) is 4.37. The van der Waals surface area contributed by atoms with Crippen molar-refractivity contribution >= 4 is 6.29 Å². The molecule has 1 aliphatic heterocycles. The lowest BCUT2D eigenvalue weighted by Crippen LogP contribution is -2.09. The normalized spacial score (nSPS) is 20.5. The van der Waals surface area contributed by atoms with Gasteiger partial charge in [0.25, 0.3) is 0 Å². The fourth-order valence-electron chi connectivity index (χ4n) is 2.24. The van der Waals surface area contributed by atoms with Crippen LogP contribution in [0.1, 0.15) is 39.4 Å². The van der Waals surface area contributed by atoms with E-state index in [1.165, 1.54) is 16.7 Å². The van der Waals surface area contributed by atoms with Crippen LogP contribution in [-0.2, 0) is 0 Å². The Morgan fingerprint density at radius 1 is 1.33 bits per heavy atom. The van der Waals surface area contributed by atoms with Crippen LogP contribution in [0.4, 0.5) is 0 Å². The number of rotatable bonds is 2. The van der Waals surface area contributed by atoms with E-state index in [0.29, 0.717) is 5.92 Å². The number of hydrogen-bond acceptors (Lipinski definition) is 2. The molecule has 1 heterocycles. The molecular weight excluding hydrogens is 186 g/mol. The van der Waals surface area contributed by atoms with Gasteiger partial charge in [0.1, 0.15) is 6.29 Å². The van der Waals surface area contributed by atoms with Crippen molar-refractivity contribution in [1.82, 2.24) is 5.32 Å². The molecule has 1 aromatic carbocycles. The second kappa shape index (κ2) is 4.15. The molecular formula is C13H17NO. The first-order valence-corrected chi connectivity index (χ1v) is 5.49. The van der Waals surface area contributed by atoms with Crippen molar-refractivity contribution in [2.75, 3.05) is 13.1 Å². The first kappa shape index (κ1) is 10.4. The molecule has 1 fully saturated rings. The van der Waals surface area contributed by atoms with E-state index in [4.69, 9.17) is 0 Å². The van der Waals surface area contributed by atoms with Gasteiger partial charge in [-0.05, 0) is 55.5 Å². The quantitative estimate of drug-likeness (QED) is 0.746. The number of benzene rings is 1. The zero-order chi connectivity index (χ0) is 10.8. The van der Waals surface area contributed by atoms with Gasteiger partial charge in [0.2, 0.25) is 0 Å². The highest BCUT2D eigenvalue weighted by atomic mass is 16.1. The van der Waals surface area contributed by atoms with Crippen molar-refractivity contribution in [3.05, 3.63) is 34.4 Å². The van der Waals surface area contributed by atoms with Crippen molar-refractivity contribution in [2.24, 2.45) is 0 Å². The molecule has 0 aliphatic carbocycles. The van der Waals surface area contributed by atoms with Gasteiger partial charge in [-0.3, -0.25) is 4.79 Å². The van der Waals surface area contributed by atoms with E-state index in [0.717, 1.165) is 31.4 Å². The van der Waals surface area contributed by atoms with Crippen LogP contribution in [0.25, 0.3) is 0 Å². The molecule has 0 aromatic heterocycles. The van der Waals surface area contributed by atoms with Crippen LogP contribution >= 0.6 is 0 Å². The molecule has 1 N–H and O–H groups in total. The lowest BCUT2D eigenvalue weighted by atomic mass is 9.90. The Balaban J connectivity index is 2.43. The van der Waals surface area contributed by atoms with E-state index in [1.54, 1.807) is 0 Å². The number of aryl methyl sites for hydroxylation is 2. The summed E-state index contributed by atoms with van der Waals surface area (Å²) in [4.78, 5) is 11.0. The van der Waals surface area contributed by atoms with Crippen LogP contribution < -0.4 is 5.32 Å². The molecule has 15 heavy (non-hydrogen) atoms. The van der Waals surface area contributed by atoms with Gasteiger partial charge in [-0.25, -0.2) is 0 Å². The third-order valence-corrected chi connectivity index (χ3v) is 3.33. The summed E-state index contributed by atoms with van der Waals surface area (Å²) >= 11 is 0. The Morgan fingerprint density at radius 2 is 2.07 bits per heavy atom. The van der Waals surface area contributed by atoms with Gasteiger partial charge >= 0.3 is 0 Å². The van der Waals surface area contributed by atoms with Crippen molar-refractivity contribution < 1.29 is 4.79 Å². The summed E-state index contributed by atoms with van der Waals surface area (Å²) in [5, 5.41) is 3.34. The molecule has 0 saturated carbocycles. The molecule has 1 unspecified atom stereocenters. The van der Waals surface area contributed by atoms with Gasteiger partial charge in [-0.2, -0.15) is 0 Å². The SMILES string of the molecule is Cc1cc(C=O)c(C2CCNC2)cc1C. The van der Waals surface area contributed by atoms with Crippen molar-refractivity contribution in [3.8, 4) is 0 Å². The average Bonchev–Trinajstić information content (AvgIpc) is 2.74. The zero-order valence-electron chi connectivity index (χ0n) is 9.34. The molecule has 0 spiro atoms. The minimum atomic E-state index is 0.518. The van der Waals surface area contributed by atoms with Crippen LogP contribution in [0, 0.1) is 13.8 Å². The van der Waals surface area contributed by atoms with Crippen molar-refractivity contribution in [1.29, 1.82) is 0 Å². The highest BCUT2D eigenvalue weighted by Gasteiger charge is 2.19. The van der Waals surface area contributed by atoms with E-state index < -0.39 is 0 Å². The van der Waals surface area contributed by atoms with Gasteiger partial charge in [-0.1, -0.05) is 6.07 Å². The largest absolute Gasteiger partial charge is 0.316 e. The molecule has 1 atom stereocenters. The summed E-state index contributed by atoms with van der Waals surface area (Å²) in [6.45, 7) is 6.23. The van der Waals surface area contributed by atoms with E-state index in [-0.39, 0.29) is 0 Å². The smallest absolute Gasteiger partial charge is 0.150 e. The fourth-order valence-corrected chi connectivity index (χ4v) is 2.24. The van der Waals surface area contributed by atoms with Crippen LogP contribution in [0.5, 0.6) is 0 Å². The predicted octanol–water partition coefficient (Wildman–Crippen LogP) is 2.19. The lowest BCUT2D eigenvalue weighted by Gasteiger charge is -2.14. The molecule has 1 aromatic rings. The molecule has 2 rings (SSSR count). The Kier molecular flexibility index (Phi) is 2.87. The Morgan fingerprint density at radius 3 is 2.67 bits per heavy atom. The first-order valence-electron chi connectivity index (χ1n) is 5.49. The third-order valence-electron chi connectivity index (χ3n) is 3.33. The summed E-state index contributed by atoms with van der Waals surface area (Å²) < 4.78 is 0. The van der Waals surface area contributed by atoms with Gasteiger partial charge in [0.15, 0.2) is 0 Å². The zero-order valence-corrected chi connectivity index (χ0v) is 9.34. The van der Waals surface area contributed by atoms with E-state index in [1.807, 2.05) is 6.07 Å². The molecule has 2 nitrogen and oxygen atoms in total. The number of aldehydes is 1. The van der Waals surface area contributed by atoms with E-state index in [2.05, 4.69) is 25.2 Å². The third kappa shape index (κ3) is 1.95. The molecule has 80 valence electrons. The minimum Gasteiger partial charge on any atom is -0.316 e. The monoisotopic (exact) mass is 203 g/mol. The summed E-state index contributed by atoms with van der Waals surface area (Å²) in [5.74, 6) is 0.518. The van der Waals surface area contributed by atoms with Gasteiger partial charge < -0.3 is 5.32 Å². The fraction of sp³-hybridized carbons (Fsp3) is 0.462. The predicted molar refractivity (Wildman–Crippen MR) is 61.5 cm³/mol. The van der Waals surface area contributed by atoms with Gasteiger partial charge in [0.05, 0.1) is 0 Å². The maximum Gasteiger partial charge on any atom is 0.150 e. The van der Waals surface area contributed by atoms with Gasteiger partial charge in [0, 0.05) is 12.1 Å². The molecule has 1 aliphatic rings. The Hall–Kier alpha value is -1.15. The number of nitrogens with one attached hydrogen (secondary N) is 1. The Labute approximate surface area is 90.7 Å². The van der Waals surface area contributed by atoms with E-state index >= 15 is 0 Å². The topological polar surface area (TPSA) is 29.1 Å². The second-order valence-electron chi connectivity index (χ2n) is 4.37. The molecule has 2 heteroatoms. The number of hydrogen-bond donors (Lipinski definition) is 1. The van der Waals surface area contributed by atoms with E-state index in [9.17, 15) is 4.79 Å². The molecule has 0 amide bonds. The van der Waals surface area contributed by atoms with Crippen LogP contribution in [0.15, 0.2) is 12.1 Å². The van der Waals surface area contributed by atoms with Crippen molar-refractivity contribution in [2.45, 2.75) is 26.2 Å². The first-order chi connectivity index (χ1) is 7.22. The summed E-state index contributed by atoms with van der Waals surface area (Å²) in [6, 6.07) is 4.19. The van der Waals surface area contributed by atoms with Crippen molar-refractivity contribution in [3.63, 3.8) is 0 Å². The minimum absolute atomic E-state index is 0.518. The van der Waals surface area contributed by atoms with Crippen LogP contribution in [0.2, 0.25) is 0 Å². The van der Waals surface area contributed by atoms with Crippen LogP contribution in [-0.4, -0.2) is 19.4 Å². The Bertz CT molecular complexity index is 378. The molecule has 0 radical (unpaired) electrons. The highest BCUT2D eigenvalue weighted by molar-refractivity contribution is 5.78. The molecule has 0 bridgehead atoms. The number of carbonyl (C=O) groups is 1. The highest BCUT2D eigenvalue weighted by Crippen LogP contribution is 2.27. The average molecular weight is 203 g/mol. The summed E-state index contributed by atoms with van der Waals surface area (Å²) in [5.41, 5.74) is 4.57. The van der Waals surface area contributed by atoms with Crippen LogP contribution in [0.3, 0.4) is 0 Å².